The van der Waals surface area contributed by atoms with Crippen molar-refractivity contribution < 1.29 is 24.2 Å². The summed E-state index contributed by atoms with van der Waals surface area (Å²) in [7, 11) is 0. The summed E-state index contributed by atoms with van der Waals surface area (Å²) in [5.74, 6) is -1.45. The third-order valence-corrected chi connectivity index (χ3v) is 7.16. The molecule has 0 aliphatic heterocycles. The molecule has 2 aromatic carbocycles. The van der Waals surface area contributed by atoms with E-state index in [1.54, 1.807) is 0 Å². The zero-order valence-electron chi connectivity index (χ0n) is 20.5. The monoisotopic (exact) mass is 478 g/mol. The lowest BCUT2D eigenvalue weighted by atomic mass is 9.84. The fourth-order valence-electron chi connectivity index (χ4n) is 5.20. The third kappa shape index (κ3) is 5.50. The Morgan fingerprint density at radius 2 is 1.49 bits per heavy atom. The molecule has 0 bridgehead atoms. The summed E-state index contributed by atoms with van der Waals surface area (Å²) in [5.41, 5.74) is 4.03. The van der Waals surface area contributed by atoms with Gasteiger partial charge in [-0.25, -0.2) is 4.79 Å². The predicted molar refractivity (Wildman–Crippen MR) is 133 cm³/mol. The van der Waals surface area contributed by atoms with E-state index in [0.717, 1.165) is 22.3 Å². The molecule has 0 aromatic heterocycles. The minimum Gasteiger partial charge on any atom is -0.481 e. The van der Waals surface area contributed by atoms with Crippen molar-refractivity contribution in [3.8, 4) is 11.1 Å². The van der Waals surface area contributed by atoms with Gasteiger partial charge in [-0.15, -0.1) is 0 Å². The Kier molecular flexibility index (Phi) is 7.15. The molecular formula is C28H34N2O5. The summed E-state index contributed by atoms with van der Waals surface area (Å²) >= 11 is 0. The molecular weight excluding hydrogens is 444 g/mol. The number of carbonyl (C=O) groups excluding carboxylic acids is 2. The second-order valence-electron chi connectivity index (χ2n) is 10.7. The van der Waals surface area contributed by atoms with E-state index in [1.165, 1.54) is 0 Å². The molecule has 2 amide bonds. The van der Waals surface area contributed by atoms with Crippen LogP contribution in [0.2, 0.25) is 0 Å². The van der Waals surface area contributed by atoms with Crippen LogP contribution in [0.5, 0.6) is 0 Å². The molecule has 2 aromatic rings. The highest BCUT2D eigenvalue weighted by molar-refractivity contribution is 5.86. The Hall–Kier alpha value is -3.35. The summed E-state index contributed by atoms with van der Waals surface area (Å²) in [6, 6.07) is 15.4. The number of hydrogen-bond donors (Lipinski definition) is 3. The Morgan fingerprint density at radius 1 is 0.943 bits per heavy atom. The van der Waals surface area contributed by atoms with Crippen molar-refractivity contribution in [3.63, 3.8) is 0 Å². The summed E-state index contributed by atoms with van der Waals surface area (Å²) < 4.78 is 5.65. The van der Waals surface area contributed by atoms with Gasteiger partial charge in [-0.05, 0) is 53.4 Å². The molecule has 1 saturated carbocycles. The van der Waals surface area contributed by atoms with E-state index >= 15 is 0 Å². The number of benzene rings is 2. The van der Waals surface area contributed by atoms with Gasteiger partial charge in [0.1, 0.15) is 12.6 Å². The normalized spacial score (nSPS) is 20.3. The Bertz CT molecular complexity index is 1050. The van der Waals surface area contributed by atoms with Crippen LogP contribution in [0.4, 0.5) is 4.79 Å². The number of fused-ring (bicyclic) bond motifs is 3. The van der Waals surface area contributed by atoms with E-state index in [9.17, 15) is 19.5 Å². The molecule has 0 radical (unpaired) electrons. The maximum Gasteiger partial charge on any atom is 0.407 e. The number of carboxylic acid groups (broad SMARTS) is 1. The number of alkyl carbamates (subject to hydrolysis) is 1. The van der Waals surface area contributed by atoms with Gasteiger partial charge in [-0.1, -0.05) is 69.3 Å². The molecule has 7 heteroatoms. The fourth-order valence-corrected chi connectivity index (χ4v) is 5.20. The van der Waals surface area contributed by atoms with E-state index in [4.69, 9.17) is 4.74 Å². The van der Waals surface area contributed by atoms with Crippen LogP contribution in [0.15, 0.2) is 48.5 Å². The first-order valence-corrected chi connectivity index (χ1v) is 12.3. The quantitative estimate of drug-likeness (QED) is 0.558. The Labute approximate surface area is 206 Å². The number of nitrogens with one attached hydrogen (secondary N) is 2. The highest BCUT2D eigenvalue weighted by Crippen LogP contribution is 2.44. The molecule has 1 unspecified atom stereocenters. The van der Waals surface area contributed by atoms with Crippen molar-refractivity contribution in [1.29, 1.82) is 0 Å². The minimum atomic E-state index is -0.782. The van der Waals surface area contributed by atoms with Crippen LogP contribution >= 0.6 is 0 Å². The standard InChI is InChI=1S/C28H34N2O5/c1-28(2,3)24(25(31)29-18-14-12-17(13-15-18)26(32)33)30-27(34)35-16-23-21-10-6-4-8-19(21)20-9-5-7-11-22(20)23/h4-11,17-18,23-24H,12-16H2,1-3H3,(H,29,31)(H,30,34)(H,32,33). The van der Waals surface area contributed by atoms with Crippen molar-refractivity contribution in [2.45, 2.75) is 64.5 Å². The van der Waals surface area contributed by atoms with Crippen LogP contribution in [-0.4, -0.2) is 41.8 Å². The van der Waals surface area contributed by atoms with E-state index in [0.29, 0.717) is 25.7 Å². The Morgan fingerprint density at radius 3 is 2.00 bits per heavy atom. The van der Waals surface area contributed by atoms with E-state index in [2.05, 4.69) is 34.9 Å². The lowest BCUT2D eigenvalue weighted by Gasteiger charge is -2.33. The first-order chi connectivity index (χ1) is 16.6. The molecule has 1 fully saturated rings. The van der Waals surface area contributed by atoms with Crippen LogP contribution in [0, 0.1) is 11.3 Å². The van der Waals surface area contributed by atoms with Crippen LogP contribution in [0.25, 0.3) is 11.1 Å². The largest absolute Gasteiger partial charge is 0.481 e. The van der Waals surface area contributed by atoms with E-state index < -0.39 is 23.5 Å². The fraction of sp³-hybridized carbons (Fsp3) is 0.464. The second-order valence-corrected chi connectivity index (χ2v) is 10.7. The highest BCUT2D eigenvalue weighted by atomic mass is 16.5. The maximum atomic E-state index is 13.1. The number of aliphatic carboxylic acids is 1. The Balaban J connectivity index is 1.37. The van der Waals surface area contributed by atoms with Gasteiger partial charge in [0.15, 0.2) is 0 Å². The van der Waals surface area contributed by atoms with Crippen molar-refractivity contribution in [1.82, 2.24) is 10.6 Å². The molecule has 0 spiro atoms. The minimum absolute atomic E-state index is 0.0560. The molecule has 1 atom stereocenters. The summed E-state index contributed by atoms with van der Waals surface area (Å²) in [5, 5.41) is 15.0. The average molecular weight is 479 g/mol. The topological polar surface area (TPSA) is 105 Å². The van der Waals surface area contributed by atoms with Gasteiger partial charge in [0, 0.05) is 12.0 Å². The number of carboxylic acids is 1. The summed E-state index contributed by atoms with van der Waals surface area (Å²) in [4.78, 5) is 37.1. The summed E-state index contributed by atoms with van der Waals surface area (Å²) in [6.07, 6.45) is 1.69. The van der Waals surface area contributed by atoms with Crippen LogP contribution in [-0.2, 0) is 14.3 Å². The molecule has 2 aliphatic carbocycles. The zero-order valence-corrected chi connectivity index (χ0v) is 20.5. The lowest BCUT2D eigenvalue weighted by Crippen LogP contribution is -2.56. The number of rotatable bonds is 6. The third-order valence-electron chi connectivity index (χ3n) is 7.16. The second kappa shape index (κ2) is 10.1. The summed E-state index contributed by atoms with van der Waals surface area (Å²) in [6.45, 7) is 5.85. The van der Waals surface area contributed by atoms with Crippen molar-refractivity contribution in [3.05, 3.63) is 59.7 Å². The van der Waals surface area contributed by atoms with Crippen molar-refractivity contribution >= 4 is 18.0 Å². The molecule has 35 heavy (non-hydrogen) atoms. The van der Waals surface area contributed by atoms with Gasteiger partial charge >= 0.3 is 12.1 Å². The molecule has 4 rings (SSSR count). The highest BCUT2D eigenvalue weighted by Gasteiger charge is 2.36. The number of carbonyl (C=O) groups is 3. The van der Waals surface area contributed by atoms with Gasteiger partial charge in [-0.3, -0.25) is 9.59 Å². The number of hydrogen-bond acceptors (Lipinski definition) is 4. The van der Waals surface area contributed by atoms with Gasteiger partial charge in [0.2, 0.25) is 5.91 Å². The maximum absolute atomic E-state index is 13.1. The first kappa shape index (κ1) is 24.8. The van der Waals surface area contributed by atoms with Crippen LogP contribution < -0.4 is 10.6 Å². The molecule has 2 aliphatic rings. The molecule has 0 saturated heterocycles. The first-order valence-electron chi connectivity index (χ1n) is 12.3. The van der Waals surface area contributed by atoms with E-state index in [1.807, 2.05) is 45.0 Å². The van der Waals surface area contributed by atoms with Crippen molar-refractivity contribution in [2.75, 3.05) is 6.61 Å². The number of ether oxygens (including phenoxy) is 1. The predicted octanol–water partition coefficient (Wildman–Crippen LogP) is 4.70. The van der Waals surface area contributed by atoms with Gasteiger partial charge in [0.05, 0.1) is 5.92 Å². The lowest BCUT2D eigenvalue weighted by molar-refractivity contribution is -0.142. The smallest absolute Gasteiger partial charge is 0.407 e. The average Bonchev–Trinajstić information content (AvgIpc) is 3.14. The molecule has 0 heterocycles. The SMILES string of the molecule is CC(C)(C)C(NC(=O)OCC1c2ccccc2-c2ccccc21)C(=O)NC1CCC(C(=O)O)CC1. The van der Waals surface area contributed by atoms with E-state index in [-0.39, 0.29) is 30.4 Å². The van der Waals surface area contributed by atoms with Crippen molar-refractivity contribution in [2.24, 2.45) is 11.3 Å². The molecule has 186 valence electrons. The van der Waals surface area contributed by atoms with Gasteiger partial charge in [-0.2, -0.15) is 0 Å². The van der Waals surface area contributed by atoms with Gasteiger partial charge in [0.25, 0.3) is 0 Å². The van der Waals surface area contributed by atoms with Crippen LogP contribution in [0.3, 0.4) is 0 Å². The zero-order chi connectivity index (χ0) is 25.2. The molecule has 3 N–H and O–H groups in total. The van der Waals surface area contributed by atoms with Gasteiger partial charge < -0.3 is 20.5 Å². The number of amides is 2. The molecule has 7 nitrogen and oxygen atoms in total. The van der Waals surface area contributed by atoms with Crippen LogP contribution in [0.1, 0.15) is 63.5 Å².